The summed E-state index contributed by atoms with van der Waals surface area (Å²) in [6.07, 6.45) is 0. The third-order valence-corrected chi connectivity index (χ3v) is 2.29. The molecule has 1 rings (SSSR count). The Hall–Kier alpha value is -2.08. The molecule has 0 aliphatic rings. The van der Waals surface area contributed by atoms with Gasteiger partial charge >= 0.3 is 11.8 Å². The first-order valence-electron chi connectivity index (χ1n) is 5.05. The quantitative estimate of drug-likeness (QED) is 0.292. The summed E-state index contributed by atoms with van der Waals surface area (Å²) in [4.78, 5) is 24.2. The molecular weight excluding hydrogens is 220 g/mol. The van der Waals surface area contributed by atoms with Crippen LogP contribution in [0.2, 0.25) is 0 Å². The molecule has 0 saturated carbocycles. The third-order valence-electron chi connectivity index (χ3n) is 2.29. The number of nitrogens with zero attached hydrogens (tertiary/aromatic N) is 1. The van der Waals surface area contributed by atoms with E-state index >= 15 is 0 Å². The lowest BCUT2D eigenvalue weighted by Crippen LogP contribution is -2.39. The van der Waals surface area contributed by atoms with Gasteiger partial charge in [0.25, 0.3) is 0 Å². The summed E-state index contributed by atoms with van der Waals surface area (Å²) in [6, 6.07) is 5.38. The number of benzene rings is 1. The molecule has 0 spiro atoms. The van der Waals surface area contributed by atoms with Crippen molar-refractivity contribution in [2.45, 2.75) is 6.92 Å². The first-order valence-corrected chi connectivity index (χ1v) is 5.05. The molecule has 1 aromatic carbocycles. The molecule has 0 aliphatic heterocycles. The van der Waals surface area contributed by atoms with Gasteiger partial charge in [0.1, 0.15) is 0 Å². The van der Waals surface area contributed by atoms with Gasteiger partial charge in [0.15, 0.2) is 0 Å². The topological polar surface area (TPSA) is 87.5 Å². The van der Waals surface area contributed by atoms with E-state index in [1.54, 1.807) is 17.6 Å². The summed E-state index contributed by atoms with van der Waals surface area (Å²) in [5.41, 5.74) is 4.37. The van der Waals surface area contributed by atoms with E-state index in [-0.39, 0.29) is 0 Å². The fraction of sp³-hybridized carbons (Fsp3) is 0.273. The van der Waals surface area contributed by atoms with E-state index in [4.69, 9.17) is 5.84 Å². The number of amides is 2. The molecule has 1 aromatic rings. The van der Waals surface area contributed by atoms with Crippen LogP contribution < -0.4 is 21.5 Å². The Morgan fingerprint density at radius 3 is 2.41 bits per heavy atom. The molecule has 0 bridgehead atoms. The highest BCUT2D eigenvalue weighted by Gasteiger charge is 2.12. The van der Waals surface area contributed by atoms with Crippen LogP contribution in [0.15, 0.2) is 18.2 Å². The van der Waals surface area contributed by atoms with Crippen LogP contribution in [0.5, 0.6) is 0 Å². The minimum absolute atomic E-state index is 0.549. The molecule has 6 heteroatoms. The standard InChI is InChI=1S/C11H16N4O2/c1-7-4-5-8(6-9(7)15(2)3)13-10(16)11(17)14-12/h4-6H,12H2,1-3H3,(H,13,16)(H,14,17). The predicted molar refractivity (Wildman–Crippen MR) is 66.5 cm³/mol. The zero-order valence-electron chi connectivity index (χ0n) is 10.1. The second-order valence-corrected chi connectivity index (χ2v) is 3.82. The highest BCUT2D eigenvalue weighted by atomic mass is 16.2. The molecule has 0 aromatic heterocycles. The van der Waals surface area contributed by atoms with Gasteiger partial charge in [0, 0.05) is 25.5 Å². The highest BCUT2D eigenvalue weighted by Crippen LogP contribution is 2.22. The SMILES string of the molecule is Cc1ccc(NC(=O)C(=O)NN)cc1N(C)C. The molecule has 0 saturated heterocycles. The number of nitrogens with one attached hydrogen (secondary N) is 2. The number of anilines is 2. The van der Waals surface area contributed by atoms with E-state index in [1.807, 2.05) is 32.0 Å². The van der Waals surface area contributed by atoms with Crippen molar-refractivity contribution in [3.05, 3.63) is 23.8 Å². The molecule has 0 atom stereocenters. The van der Waals surface area contributed by atoms with E-state index in [9.17, 15) is 9.59 Å². The molecule has 4 N–H and O–H groups in total. The van der Waals surface area contributed by atoms with Crippen LogP contribution in [-0.4, -0.2) is 25.9 Å². The summed E-state index contributed by atoms with van der Waals surface area (Å²) >= 11 is 0. The van der Waals surface area contributed by atoms with Crippen LogP contribution in [-0.2, 0) is 9.59 Å². The van der Waals surface area contributed by atoms with Gasteiger partial charge in [-0.2, -0.15) is 0 Å². The molecule has 0 aliphatic carbocycles. The maximum atomic E-state index is 11.3. The monoisotopic (exact) mass is 236 g/mol. The second-order valence-electron chi connectivity index (χ2n) is 3.82. The van der Waals surface area contributed by atoms with Gasteiger partial charge in [0.2, 0.25) is 0 Å². The summed E-state index contributed by atoms with van der Waals surface area (Å²) in [5, 5.41) is 2.46. The normalized spacial score (nSPS) is 9.65. The highest BCUT2D eigenvalue weighted by molar-refractivity contribution is 6.39. The predicted octanol–water partition coefficient (Wildman–Crippen LogP) is -0.0106. The number of hydrogen-bond donors (Lipinski definition) is 3. The fourth-order valence-corrected chi connectivity index (χ4v) is 1.42. The fourth-order valence-electron chi connectivity index (χ4n) is 1.42. The van der Waals surface area contributed by atoms with Crippen molar-refractivity contribution in [1.82, 2.24) is 5.43 Å². The molecule has 0 unspecified atom stereocenters. The van der Waals surface area contributed by atoms with Crippen molar-refractivity contribution in [3.63, 3.8) is 0 Å². The van der Waals surface area contributed by atoms with Crippen molar-refractivity contribution < 1.29 is 9.59 Å². The summed E-state index contributed by atoms with van der Waals surface area (Å²) in [5.74, 6) is 3.19. The first kappa shape index (κ1) is 13.0. The van der Waals surface area contributed by atoms with Crippen molar-refractivity contribution >= 4 is 23.2 Å². The second kappa shape index (κ2) is 5.31. The Labute approximate surface area is 99.7 Å². The van der Waals surface area contributed by atoms with E-state index in [1.165, 1.54) is 0 Å². The number of carbonyl (C=O) groups is 2. The zero-order valence-corrected chi connectivity index (χ0v) is 10.1. The van der Waals surface area contributed by atoms with Crippen LogP contribution in [0.1, 0.15) is 5.56 Å². The molecule has 0 fully saturated rings. The minimum atomic E-state index is -0.878. The Morgan fingerprint density at radius 1 is 1.24 bits per heavy atom. The Kier molecular flexibility index (Phi) is 4.06. The molecule has 0 radical (unpaired) electrons. The zero-order chi connectivity index (χ0) is 13.0. The van der Waals surface area contributed by atoms with Gasteiger partial charge < -0.3 is 10.2 Å². The van der Waals surface area contributed by atoms with Crippen LogP contribution in [0, 0.1) is 6.92 Å². The summed E-state index contributed by atoms with van der Waals surface area (Å²) in [7, 11) is 3.81. The minimum Gasteiger partial charge on any atom is -0.377 e. The molecule has 6 nitrogen and oxygen atoms in total. The van der Waals surface area contributed by atoms with Gasteiger partial charge in [0.05, 0.1) is 0 Å². The molecule has 2 amide bonds. The molecular formula is C11H16N4O2. The first-order chi connectivity index (χ1) is 7.95. The van der Waals surface area contributed by atoms with Gasteiger partial charge in [-0.05, 0) is 24.6 Å². The van der Waals surface area contributed by atoms with Gasteiger partial charge in [-0.25, -0.2) is 5.84 Å². The number of nitrogens with two attached hydrogens (primary N) is 1. The molecule has 92 valence electrons. The largest absolute Gasteiger partial charge is 0.377 e. The maximum absolute atomic E-state index is 11.3. The lowest BCUT2D eigenvalue weighted by molar-refractivity contribution is -0.136. The van der Waals surface area contributed by atoms with Crippen LogP contribution in [0.25, 0.3) is 0 Å². The Bertz CT molecular complexity index is 443. The number of hydrazine groups is 1. The molecule has 17 heavy (non-hydrogen) atoms. The van der Waals surface area contributed by atoms with E-state index in [0.29, 0.717) is 5.69 Å². The van der Waals surface area contributed by atoms with E-state index in [2.05, 4.69) is 5.32 Å². The van der Waals surface area contributed by atoms with Crippen molar-refractivity contribution in [3.8, 4) is 0 Å². The van der Waals surface area contributed by atoms with E-state index in [0.717, 1.165) is 11.3 Å². The third kappa shape index (κ3) is 3.18. The number of aryl methyl sites for hydroxylation is 1. The summed E-state index contributed by atoms with van der Waals surface area (Å²) in [6.45, 7) is 1.97. The Morgan fingerprint density at radius 2 is 1.88 bits per heavy atom. The average Bonchev–Trinajstić information content (AvgIpc) is 2.30. The van der Waals surface area contributed by atoms with Crippen LogP contribution in [0.3, 0.4) is 0 Å². The number of carbonyl (C=O) groups excluding carboxylic acids is 2. The van der Waals surface area contributed by atoms with Crippen LogP contribution in [0.4, 0.5) is 11.4 Å². The Balaban J connectivity index is 2.90. The van der Waals surface area contributed by atoms with Gasteiger partial charge in [-0.3, -0.25) is 15.0 Å². The van der Waals surface area contributed by atoms with Gasteiger partial charge in [-0.15, -0.1) is 0 Å². The van der Waals surface area contributed by atoms with Gasteiger partial charge in [-0.1, -0.05) is 6.07 Å². The summed E-state index contributed by atoms with van der Waals surface area (Å²) < 4.78 is 0. The smallest absolute Gasteiger partial charge is 0.323 e. The van der Waals surface area contributed by atoms with Crippen molar-refractivity contribution in [2.24, 2.45) is 5.84 Å². The van der Waals surface area contributed by atoms with Crippen molar-refractivity contribution in [1.29, 1.82) is 0 Å². The lowest BCUT2D eigenvalue weighted by atomic mass is 10.1. The van der Waals surface area contributed by atoms with Crippen LogP contribution >= 0.6 is 0 Å². The maximum Gasteiger partial charge on any atom is 0.323 e. The lowest BCUT2D eigenvalue weighted by Gasteiger charge is -2.17. The number of hydrogen-bond acceptors (Lipinski definition) is 4. The average molecular weight is 236 g/mol. The number of rotatable bonds is 2. The molecule has 0 heterocycles. The van der Waals surface area contributed by atoms with E-state index < -0.39 is 11.8 Å². The van der Waals surface area contributed by atoms with Crippen molar-refractivity contribution in [2.75, 3.05) is 24.3 Å².